The number of rotatable bonds is 2. The third-order valence-electron chi connectivity index (χ3n) is 8.33. The van der Waals surface area contributed by atoms with E-state index in [1.807, 2.05) is 12.1 Å². The molecule has 2 aliphatic carbocycles. The van der Waals surface area contributed by atoms with E-state index in [2.05, 4.69) is 24.0 Å². The summed E-state index contributed by atoms with van der Waals surface area (Å²) in [6.45, 7) is 2.09. The summed E-state index contributed by atoms with van der Waals surface area (Å²) in [5, 5.41) is 1.08. The Morgan fingerprint density at radius 3 is 2.41 bits per heavy atom. The van der Waals surface area contributed by atoms with Crippen LogP contribution >= 0.6 is 23.1 Å². The lowest BCUT2D eigenvalue weighted by atomic mass is 9.67. The highest BCUT2D eigenvalue weighted by Gasteiger charge is 2.69. The molecule has 7 rings (SSSR count). The van der Waals surface area contributed by atoms with Crippen LogP contribution in [-0.4, -0.2) is 22.0 Å². The number of benzene rings is 2. The van der Waals surface area contributed by atoms with Gasteiger partial charge < -0.3 is 4.98 Å². The number of nitrogens with one attached hydrogen (secondary N) is 1. The van der Waals surface area contributed by atoms with E-state index in [0.717, 1.165) is 16.3 Å². The van der Waals surface area contributed by atoms with Crippen molar-refractivity contribution in [1.82, 2.24) is 4.98 Å². The maximum atomic E-state index is 13.7. The number of hydrogen-bond acceptors (Lipinski definition) is 5. The Kier molecular flexibility index (Phi) is 4.34. The molecule has 2 aliphatic heterocycles. The normalized spacial score (nSPS) is 33.2. The molecule has 5 nitrogen and oxygen atoms in total. The van der Waals surface area contributed by atoms with Crippen molar-refractivity contribution in [2.24, 2.45) is 29.6 Å². The van der Waals surface area contributed by atoms with E-state index in [0.29, 0.717) is 5.69 Å². The van der Waals surface area contributed by atoms with Crippen LogP contribution in [0, 0.1) is 42.3 Å². The Bertz CT molecular complexity index is 1410. The third-order valence-corrected chi connectivity index (χ3v) is 10.9. The molecule has 3 aromatic rings. The van der Waals surface area contributed by atoms with Crippen LogP contribution in [0.2, 0.25) is 0 Å². The zero-order valence-electron chi connectivity index (χ0n) is 18.2. The van der Waals surface area contributed by atoms with Gasteiger partial charge in [-0.15, -0.1) is 11.8 Å². The van der Waals surface area contributed by atoms with Gasteiger partial charge in [-0.3, -0.25) is 19.3 Å². The lowest BCUT2D eigenvalue weighted by Gasteiger charge is -2.43. The highest BCUT2D eigenvalue weighted by molar-refractivity contribution is 8.00. The van der Waals surface area contributed by atoms with Crippen molar-refractivity contribution in [2.75, 3.05) is 4.90 Å². The zero-order chi connectivity index (χ0) is 23.3. The van der Waals surface area contributed by atoms with Gasteiger partial charge in [0.25, 0.3) is 0 Å². The number of carbonyl (C=O) groups is 2. The molecule has 2 saturated carbocycles. The molecule has 8 heteroatoms. The first-order chi connectivity index (χ1) is 16.4. The van der Waals surface area contributed by atoms with Crippen LogP contribution < -0.4 is 9.77 Å². The van der Waals surface area contributed by atoms with Crippen molar-refractivity contribution < 1.29 is 14.0 Å². The molecule has 7 atom stereocenters. The van der Waals surface area contributed by atoms with Gasteiger partial charge >= 0.3 is 4.87 Å². The maximum Gasteiger partial charge on any atom is 0.305 e. The number of thioether (sulfide) groups is 1. The molecule has 0 unspecified atom stereocenters. The molecule has 0 spiro atoms. The fraction of sp³-hybridized carbons (Fsp3) is 0.346. The Morgan fingerprint density at radius 1 is 0.971 bits per heavy atom. The van der Waals surface area contributed by atoms with E-state index >= 15 is 0 Å². The quantitative estimate of drug-likeness (QED) is 0.533. The average molecular weight is 493 g/mol. The van der Waals surface area contributed by atoms with E-state index < -0.39 is 5.82 Å². The number of H-pyrrole nitrogens is 1. The van der Waals surface area contributed by atoms with Crippen LogP contribution in [0.4, 0.5) is 10.1 Å². The minimum Gasteiger partial charge on any atom is -0.307 e. The summed E-state index contributed by atoms with van der Waals surface area (Å²) in [7, 11) is 0. The molecule has 1 aromatic heterocycles. The molecule has 2 bridgehead atoms. The Morgan fingerprint density at radius 2 is 1.68 bits per heavy atom. The van der Waals surface area contributed by atoms with E-state index in [1.165, 1.54) is 51.6 Å². The van der Waals surface area contributed by atoms with Crippen LogP contribution in [0.1, 0.15) is 28.3 Å². The first kappa shape index (κ1) is 20.6. The summed E-state index contributed by atoms with van der Waals surface area (Å²) in [6.07, 6.45) is 0.855. The molecular formula is C26H21FN2O3S2. The molecule has 0 radical (unpaired) electrons. The number of amides is 2. The third kappa shape index (κ3) is 2.64. The number of thiazole rings is 1. The number of hydrogen-bond donors (Lipinski definition) is 1. The second-order valence-electron chi connectivity index (χ2n) is 9.81. The molecule has 1 saturated heterocycles. The lowest BCUT2D eigenvalue weighted by Crippen LogP contribution is -2.42. The van der Waals surface area contributed by atoms with Crippen LogP contribution in [-0.2, 0) is 9.59 Å². The summed E-state index contributed by atoms with van der Waals surface area (Å²) in [4.78, 5) is 44.9. The standard InChI is InChI=1S/C26H21FN2O3S2/c1-11-4-2-3-5-14(11)17-18-15-10-16(21(18)33-23-22(17)34-26(32)28-23)20-19(15)24(30)29(25(20)31)13-8-6-12(27)7-9-13/h2-9,15-21H,10H2,1H3,(H,28,32)/t15-,16+,17-,18+,19+,20-,21-/m1/s1. The first-order valence-electron chi connectivity index (χ1n) is 11.5. The fourth-order valence-electron chi connectivity index (χ4n) is 7.15. The monoisotopic (exact) mass is 492 g/mol. The van der Waals surface area contributed by atoms with E-state index in [9.17, 15) is 18.8 Å². The molecule has 4 aliphatic rings. The molecule has 2 aromatic carbocycles. The minimum absolute atomic E-state index is 0.0325. The fourth-order valence-corrected chi connectivity index (χ4v) is 10.0. The molecule has 3 fully saturated rings. The van der Waals surface area contributed by atoms with Crippen LogP contribution in [0.3, 0.4) is 0 Å². The minimum atomic E-state index is -0.397. The molecule has 172 valence electrons. The molecule has 1 N–H and O–H groups in total. The molecular weight excluding hydrogens is 471 g/mol. The Hall–Kier alpha value is -2.71. The number of halogens is 1. The number of aromatic amines is 1. The first-order valence-corrected chi connectivity index (χ1v) is 13.2. The zero-order valence-corrected chi connectivity index (χ0v) is 19.9. The van der Waals surface area contributed by atoms with E-state index in [4.69, 9.17) is 0 Å². The predicted octanol–water partition coefficient (Wildman–Crippen LogP) is 4.56. The van der Waals surface area contributed by atoms with Crippen molar-refractivity contribution in [1.29, 1.82) is 0 Å². The van der Waals surface area contributed by atoms with Gasteiger partial charge in [-0.05, 0) is 66.5 Å². The summed E-state index contributed by atoms with van der Waals surface area (Å²) < 4.78 is 13.5. The highest BCUT2D eigenvalue weighted by Crippen LogP contribution is 2.68. The number of anilines is 1. The summed E-state index contributed by atoms with van der Waals surface area (Å²) >= 11 is 2.96. The summed E-state index contributed by atoms with van der Waals surface area (Å²) in [5.41, 5.74) is 2.82. The largest absolute Gasteiger partial charge is 0.307 e. The second-order valence-corrected chi connectivity index (χ2v) is 12.0. The van der Waals surface area contributed by atoms with Gasteiger partial charge in [-0.1, -0.05) is 35.6 Å². The summed E-state index contributed by atoms with van der Waals surface area (Å²) in [6, 6.07) is 13.9. The number of imide groups is 1. The second kappa shape index (κ2) is 7.15. The maximum absolute atomic E-state index is 13.7. The number of aromatic nitrogens is 1. The molecule has 3 heterocycles. The smallest absolute Gasteiger partial charge is 0.305 e. The van der Waals surface area contributed by atoms with E-state index in [1.54, 1.807) is 11.8 Å². The molecule has 34 heavy (non-hydrogen) atoms. The van der Waals surface area contributed by atoms with Gasteiger partial charge in [-0.2, -0.15) is 0 Å². The number of nitrogens with zero attached hydrogens (tertiary/aromatic N) is 1. The van der Waals surface area contributed by atoms with Gasteiger partial charge in [-0.25, -0.2) is 4.39 Å². The number of aryl methyl sites for hydroxylation is 1. The number of carbonyl (C=O) groups excluding carboxylic acids is 2. The van der Waals surface area contributed by atoms with Crippen molar-refractivity contribution in [2.45, 2.75) is 29.5 Å². The van der Waals surface area contributed by atoms with Gasteiger partial charge in [0.15, 0.2) is 0 Å². The Balaban J connectivity index is 1.34. The SMILES string of the molecule is Cc1ccccc1[C@H]1c2sc(=O)[nH]c2S[C@@H]2[C@H]3C[C@@H]([C@@H]4C(=O)N(c5ccc(F)cc5)C(=O)[C@H]34)[C@@H]12. The van der Waals surface area contributed by atoms with Crippen molar-refractivity contribution >= 4 is 40.6 Å². The number of fused-ring (bicyclic) bond motifs is 9. The van der Waals surface area contributed by atoms with Gasteiger partial charge in [0.2, 0.25) is 11.8 Å². The van der Waals surface area contributed by atoms with Crippen molar-refractivity contribution in [3.8, 4) is 0 Å². The predicted molar refractivity (Wildman–Crippen MR) is 129 cm³/mol. The lowest BCUT2D eigenvalue weighted by molar-refractivity contribution is -0.123. The van der Waals surface area contributed by atoms with Crippen LogP contribution in [0.25, 0.3) is 0 Å². The van der Waals surface area contributed by atoms with Crippen LogP contribution in [0.5, 0.6) is 0 Å². The van der Waals surface area contributed by atoms with Gasteiger partial charge in [0.05, 0.1) is 22.5 Å². The van der Waals surface area contributed by atoms with E-state index in [-0.39, 0.29) is 57.4 Å². The van der Waals surface area contributed by atoms with Crippen LogP contribution in [0.15, 0.2) is 58.4 Å². The van der Waals surface area contributed by atoms with Crippen molar-refractivity contribution in [3.05, 3.63) is 80.0 Å². The summed E-state index contributed by atoms with van der Waals surface area (Å²) in [5.74, 6) is -1.05. The molecule has 2 amide bonds. The Labute approximate surface area is 203 Å². The topological polar surface area (TPSA) is 70.2 Å². The highest BCUT2D eigenvalue weighted by atomic mass is 32.2. The average Bonchev–Trinajstić information content (AvgIpc) is 3.54. The van der Waals surface area contributed by atoms with Crippen molar-refractivity contribution in [3.63, 3.8) is 0 Å². The van der Waals surface area contributed by atoms with Gasteiger partial charge in [0, 0.05) is 16.0 Å². The van der Waals surface area contributed by atoms with Gasteiger partial charge in [0.1, 0.15) is 5.82 Å².